The number of benzene rings is 1. The molecular weight excluding hydrogens is 302 g/mol. The molecule has 2 rings (SSSR count). The third-order valence-electron chi connectivity index (χ3n) is 3.92. The maximum absolute atomic E-state index is 12.3. The summed E-state index contributed by atoms with van der Waals surface area (Å²) in [5.41, 5.74) is 2.14. The van der Waals surface area contributed by atoms with E-state index < -0.39 is 10.0 Å². The second-order valence-corrected chi connectivity index (χ2v) is 7.81. The average Bonchev–Trinajstić information content (AvgIpc) is 2.77. The van der Waals surface area contributed by atoms with E-state index in [4.69, 9.17) is 0 Å². The Kier molecular flexibility index (Phi) is 5.08. The van der Waals surface area contributed by atoms with E-state index in [0.717, 1.165) is 12.1 Å². The summed E-state index contributed by atoms with van der Waals surface area (Å²) >= 11 is 0. The second-order valence-electron chi connectivity index (χ2n) is 5.72. The fourth-order valence-electron chi connectivity index (χ4n) is 2.62. The lowest BCUT2D eigenvalue weighted by Gasteiger charge is -2.23. The first-order valence-electron chi connectivity index (χ1n) is 7.37. The fraction of sp³-hybridized carbons (Fsp3) is 0.533. The van der Waals surface area contributed by atoms with E-state index in [1.165, 1.54) is 23.2 Å². The van der Waals surface area contributed by atoms with Gasteiger partial charge in [0.2, 0.25) is 10.0 Å². The fourth-order valence-corrected chi connectivity index (χ4v) is 3.08. The van der Waals surface area contributed by atoms with Gasteiger partial charge in [0.1, 0.15) is 0 Å². The molecule has 1 N–H and O–H groups in total. The number of rotatable bonds is 5. The van der Waals surface area contributed by atoms with Crippen LogP contribution in [0.15, 0.2) is 24.3 Å². The van der Waals surface area contributed by atoms with Crippen molar-refractivity contribution in [2.45, 2.75) is 25.8 Å². The van der Waals surface area contributed by atoms with Gasteiger partial charge in [-0.15, -0.1) is 0 Å². The van der Waals surface area contributed by atoms with E-state index in [1.54, 1.807) is 4.90 Å². The first-order chi connectivity index (χ1) is 10.3. The third-order valence-corrected chi connectivity index (χ3v) is 5.23. The molecular formula is C15H23N3O3S. The van der Waals surface area contributed by atoms with Crippen molar-refractivity contribution in [1.29, 1.82) is 0 Å². The van der Waals surface area contributed by atoms with Crippen molar-refractivity contribution in [2.75, 3.05) is 31.3 Å². The van der Waals surface area contributed by atoms with Gasteiger partial charge in [0.25, 0.3) is 0 Å². The van der Waals surface area contributed by atoms with Crippen molar-refractivity contribution >= 4 is 21.7 Å². The topological polar surface area (TPSA) is 69.7 Å². The molecule has 1 aromatic carbocycles. The van der Waals surface area contributed by atoms with Crippen LogP contribution in [0.1, 0.15) is 18.9 Å². The minimum Gasteiger partial charge on any atom is -0.338 e. The number of urea groups is 1. The number of nitrogens with zero attached hydrogens (tertiary/aromatic N) is 2. The Morgan fingerprint density at radius 1 is 1.41 bits per heavy atom. The Balaban J connectivity index is 1.86. The molecule has 0 aliphatic carbocycles. The minimum absolute atomic E-state index is 0.126. The van der Waals surface area contributed by atoms with Crippen LogP contribution in [0, 0.1) is 0 Å². The van der Waals surface area contributed by atoms with Crippen molar-refractivity contribution in [3.05, 3.63) is 29.8 Å². The van der Waals surface area contributed by atoms with E-state index in [0.29, 0.717) is 19.5 Å². The molecule has 1 heterocycles. The minimum atomic E-state index is -3.16. The lowest BCUT2D eigenvalue weighted by Crippen LogP contribution is -2.44. The van der Waals surface area contributed by atoms with Gasteiger partial charge in [-0.2, -0.15) is 0 Å². The van der Waals surface area contributed by atoms with Crippen molar-refractivity contribution in [2.24, 2.45) is 0 Å². The van der Waals surface area contributed by atoms with Crippen LogP contribution in [0.5, 0.6) is 0 Å². The van der Waals surface area contributed by atoms with Crippen LogP contribution in [0.4, 0.5) is 10.5 Å². The molecule has 0 saturated heterocycles. The molecule has 22 heavy (non-hydrogen) atoms. The predicted octanol–water partition coefficient (Wildman–Crippen LogP) is 1.43. The Morgan fingerprint density at radius 2 is 2.09 bits per heavy atom. The zero-order valence-corrected chi connectivity index (χ0v) is 14.1. The number of fused-ring (bicyclic) bond motifs is 1. The maximum Gasteiger partial charge on any atom is 0.322 e. The number of nitrogens with one attached hydrogen (secondary N) is 1. The van der Waals surface area contributed by atoms with Crippen molar-refractivity contribution in [1.82, 2.24) is 9.62 Å². The predicted molar refractivity (Wildman–Crippen MR) is 87.6 cm³/mol. The normalized spacial score (nSPS) is 17.6. The standard InChI is InChI=1S/C15H23N3O3S/c1-12-11-13-7-4-5-8-14(13)18(12)15(19)16-9-6-10-17(2)22(3,20)21/h4-5,7-8,12H,6,9-11H2,1-3H3,(H,16,19)/t12-/m1/s1. The Labute approximate surface area is 132 Å². The van der Waals surface area contributed by atoms with Crippen LogP contribution in [0.25, 0.3) is 0 Å². The van der Waals surface area contributed by atoms with Gasteiger partial charge >= 0.3 is 6.03 Å². The Morgan fingerprint density at radius 3 is 2.77 bits per heavy atom. The van der Waals surface area contributed by atoms with E-state index >= 15 is 0 Å². The van der Waals surface area contributed by atoms with Crippen molar-refractivity contribution < 1.29 is 13.2 Å². The highest BCUT2D eigenvalue weighted by molar-refractivity contribution is 7.88. The summed E-state index contributed by atoms with van der Waals surface area (Å²) in [4.78, 5) is 14.1. The first kappa shape index (κ1) is 16.8. The molecule has 2 amide bonds. The number of hydrogen-bond donors (Lipinski definition) is 1. The van der Waals surface area contributed by atoms with Gasteiger partial charge in [0, 0.05) is 31.9 Å². The SMILES string of the molecule is C[C@@H]1Cc2ccccc2N1C(=O)NCCCN(C)S(C)(=O)=O. The van der Waals surface area contributed by atoms with E-state index in [1.807, 2.05) is 31.2 Å². The molecule has 1 aliphatic heterocycles. The molecule has 0 radical (unpaired) electrons. The summed E-state index contributed by atoms with van der Waals surface area (Å²) in [6.07, 6.45) is 2.62. The van der Waals surface area contributed by atoms with E-state index in [-0.39, 0.29) is 12.1 Å². The number of amides is 2. The summed E-state index contributed by atoms with van der Waals surface area (Å²) in [6, 6.07) is 7.91. The highest BCUT2D eigenvalue weighted by atomic mass is 32.2. The molecule has 0 bridgehead atoms. The number of carbonyl (C=O) groups excluding carboxylic acids is 1. The van der Waals surface area contributed by atoms with Gasteiger partial charge in [0.15, 0.2) is 0 Å². The number of hydrogen-bond acceptors (Lipinski definition) is 3. The molecule has 0 fully saturated rings. The third kappa shape index (κ3) is 3.78. The summed E-state index contributed by atoms with van der Waals surface area (Å²) in [5, 5.41) is 2.87. The van der Waals surface area contributed by atoms with Crippen LogP contribution in [0.2, 0.25) is 0 Å². The van der Waals surface area contributed by atoms with Crippen LogP contribution in [-0.2, 0) is 16.4 Å². The van der Waals surface area contributed by atoms with Crippen molar-refractivity contribution in [3.63, 3.8) is 0 Å². The van der Waals surface area contributed by atoms with Gasteiger partial charge in [-0.1, -0.05) is 18.2 Å². The summed E-state index contributed by atoms with van der Waals surface area (Å²) < 4.78 is 23.8. The number of sulfonamides is 1. The summed E-state index contributed by atoms with van der Waals surface area (Å²) in [6.45, 7) is 2.87. The van der Waals surface area contributed by atoms with E-state index in [9.17, 15) is 13.2 Å². The number of carbonyl (C=O) groups is 1. The molecule has 122 valence electrons. The molecule has 0 saturated carbocycles. The molecule has 0 aromatic heterocycles. The van der Waals surface area contributed by atoms with Gasteiger partial charge in [-0.05, 0) is 31.4 Å². The average molecular weight is 325 g/mol. The molecule has 1 atom stereocenters. The first-order valence-corrected chi connectivity index (χ1v) is 9.22. The van der Waals surface area contributed by atoms with Crippen LogP contribution in [-0.4, -0.2) is 51.2 Å². The van der Waals surface area contributed by atoms with Crippen LogP contribution >= 0.6 is 0 Å². The van der Waals surface area contributed by atoms with Gasteiger partial charge in [0.05, 0.1) is 6.26 Å². The molecule has 0 unspecified atom stereocenters. The lowest BCUT2D eigenvalue weighted by atomic mass is 10.1. The Bertz CT molecular complexity index is 645. The highest BCUT2D eigenvalue weighted by Crippen LogP contribution is 2.31. The highest BCUT2D eigenvalue weighted by Gasteiger charge is 2.30. The molecule has 0 spiro atoms. The zero-order valence-electron chi connectivity index (χ0n) is 13.2. The monoisotopic (exact) mass is 325 g/mol. The van der Waals surface area contributed by atoms with Crippen LogP contribution < -0.4 is 10.2 Å². The molecule has 1 aromatic rings. The molecule has 1 aliphatic rings. The molecule has 6 nitrogen and oxygen atoms in total. The van der Waals surface area contributed by atoms with Gasteiger partial charge in [-0.25, -0.2) is 17.5 Å². The Hall–Kier alpha value is -1.60. The zero-order chi connectivity index (χ0) is 16.3. The largest absolute Gasteiger partial charge is 0.338 e. The van der Waals surface area contributed by atoms with Crippen LogP contribution in [0.3, 0.4) is 0 Å². The summed E-state index contributed by atoms with van der Waals surface area (Å²) in [7, 11) is -1.62. The number of para-hydroxylation sites is 1. The summed E-state index contributed by atoms with van der Waals surface area (Å²) in [5.74, 6) is 0. The smallest absolute Gasteiger partial charge is 0.322 e. The number of anilines is 1. The quantitative estimate of drug-likeness (QED) is 0.833. The lowest BCUT2D eigenvalue weighted by molar-refractivity contribution is 0.244. The van der Waals surface area contributed by atoms with Gasteiger partial charge < -0.3 is 5.32 Å². The maximum atomic E-state index is 12.3. The van der Waals surface area contributed by atoms with E-state index in [2.05, 4.69) is 5.32 Å². The molecule has 7 heteroatoms. The second kappa shape index (κ2) is 6.66. The van der Waals surface area contributed by atoms with Crippen molar-refractivity contribution in [3.8, 4) is 0 Å². The van der Waals surface area contributed by atoms with Gasteiger partial charge in [-0.3, -0.25) is 4.90 Å².